The molecular formula is C19H16N2O4. The summed E-state index contributed by atoms with van der Waals surface area (Å²) in [5.41, 5.74) is 12.8. The van der Waals surface area contributed by atoms with Crippen LogP contribution in [0.2, 0.25) is 0 Å². The third-order valence-corrected chi connectivity index (χ3v) is 3.70. The Bertz CT molecular complexity index is 940. The zero-order valence-electron chi connectivity index (χ0n) is 13.1. The van der Waals surface area contributed by atoms with Gasteiger partial charge < -0.3 is 26.4 Å². The molecule has 0 aliphatic rings. The molecule has 0 fully saturated rings. The lowest BCUT2D eigenvalue weighted by molar-refractivity contribution is 0.0735. The van der Waals surface area contributed by atoms with E-state index >= 15 is 0 Å². The molecule has 0 amide bonds. The molecule has 6 N–H and O–H groups in total. The average Bonchev–Trinajstić information content (AvgIpc) is 2.62. The number of phenols is 2. The van der Waals surface area contributed by atoms with E-state index in [1.54, 1.807) is 36.4 Å². The number of phenolic OH excluding ortho intramolecular Hbond substituents is 2. The van der Waals surface area contributed by atoms with Crippen LogP contribution in [0.3, 0.4) is 0 Å². The number of rotatable bonds is 3. The van der Waals surface area contributed by atoms with Crippen LogP contribution in [-0.2, 0) is 0 Å². The Hall–Kier alpha value is -3.67. The van der Waals surface area contributed by atoms with Crippen LogP contribution in [0.4, 0.5) is 11.4 Å². The van der Waals surface area contributed by atoms with Gasteiger partial charge in [-0.25, -0.2) is 4.79 Å². The number of hydrogen-bond donors (Lipinski definition) is 4. The maximum atomic E-state index is 12.3. The van der Waals surface area contributed by atoms with Crippen LogP contribution in [0.15, 0.2) is 60.7 Å². The predicted molar refractivity (Wildman–Crippen MR) is 95.4 cm³/mol. The van der Waals surface area contributed by atoms with Crippen molar-refractivity contribution in [1.82, 2.24) is 0 Å². The quantitative estimate of drug-likeness (QED) is 0.252. The summed E-state index contributed by atoms with van der Waals surface area (Å²) in [7, 11) is 0. The summed E-state index contributed by atoms with van der Waals surface area (Å²) >= 11 is 0. The lowest BCUT2D eigenvalue weighted by Crippen LogP contribution is -2.09. The molecule has 0 saturated carbocycles. The second-order valence-corrected chi connectivity index (χ2v) is 5.41. The van der Waals surface area contributed by atoms with Crippen molar-refractivity contribution in [1.29, 1.82) is 0 Å². The van der Waals surface area contributed by atoms with E-state index in [-0.39, 0.29) is 34.2 Å². The van der Waals surface area contributed by atoms with E-state index in [0.717, 1.165) is 0 Å². The van der Waals surface area contributed by atoms with E-state index in [1.165, 1.54) is 24.3 Å². The molecule has 0 aliphatic heterocycles. The number of esters is 1. The van der Waals surface area contributed by atoms with Crippen LogP contribution in [0.1, 0.15) is 10.4 Å². The highest BCUT2D eigenvalue weighted by Gasteiger charge is 2.18. The number of hydrogen-bond acceptors (Lipinski definition) is 6. The van der Waals surface area contributed by atoms with E-state index in [9.17, 15) is 15.0 Å². The Kier molecular flexibility index (Phi) is 4.18. The van der Waals surface area contributed by atoms with Crippen molar-refractivity contribution < 1.29 is 19.7 Å². The van der Waals surface area contributed by atoms with Gasteiger partial charge in [0.2, 0.25) is 0 Å². The van der Waals surface area contributed by atoms with Gasteiger partial charge in [-0.1, -0.05) is 24.3 Å². The maximum Gasteiger partial charge on any atom is 0.343 e. The van der Waals surface area contributed by atoms with Gasteiger partial charge >= 0.3 is 5.97 Å². The van der Waals surface area contributed by atoms with Crippen molar-refractivity contribution in [2.24, 2.45) is 0 Å². The van der Waals surface area contributed by atoms with E-state index in [4.69, 9.17) is 16.2 Å². The van der Waals surface area contributed by atoms with Crippen molar-refractivity contribution in [3.8, 4) is 28.4 Å². The summed E-state index contributed by atoms with van der Waals surface area (Å²) in [4.78, 5) is 12.3. The van der Waals surface area contributed by atoms with Gasteiger partial charge in [-0.05, 0) is 42.0 Å². The second kappa shape index (κ2) is 6.45. The van der Waals surface area contributed by atoms with Crippen molar-refractivity contribution in [2.45, 2.75) is 0 Å². The minimum absolute atomic E-state index is 0.0880. The zero-order valence-corrected chi connectivity index (χ0v) is 13.1. The molecule has 0 aromatic heterocycles. The fourth-order valence-electron chi connectivity index (χ4n) is 2.40. The Balaban J connectivity index is 2.07. The SMILES string of the molecule is Nc1cc(-c2c(OC(=O)c3ccccc3)ccc(N)c2O)ccc1O. The molecule has 0 aliphatic carbocycles. The first-order chi connectivity index (χ1) is 12.0. The van der Waals surface area contributed by atoms with Crippen LogP contribution in [0.25, 0.3) is 11.1 Å². The molecule has 6 heteroatoms. The second-order valence-electron chi connectivity index (χ2n) is 5.41. The van der Waals surface area contributed by atoms with E-state index in [2.05, 4.69) is 0 Å². The zero-order chi connectivity index (χ0) is 18.0. The molecule has 0 heterocycles. The molecule has 0 bridgehead atoms. The van der Waals surface area contributed by atoms with Crippen molar-refractivity contribution in [3.05, 3.63) is 66.2 Å². The minimum atomic E-state index is -0.572. The Morgan fingerprint density at radius 1 is 0.880 bits per heavy atom. The van der Waals surface area contributed by atoms with Gasteiger partial charge in [0.05, 0.1) is 22.5 Å². The molecule has 0 spiro atoms. The van der Waals surface area contributed by atoms with Crippen LogP contribution < -0.4 is 16.2 Å². The summed E-state index contributed by atoms with van der Waals surface area (Å²) in [5, 5.41) is 19.9. The third-order valence-electron chi connectivity index (χ3n) is 3.70. The molecule has 3 rings (SSSR count). The first-order valence-electron chi connectivity index (χ1n) is 7.45. The van der Waals surface area contributed by atoms with Gasteiger partial charge in [0.1, 0.15) is 17.2 Å². The van der Waals surface area contributed by atoms with Crippen LogP contribution in [-0.4, -0.2) is 16.2 Å². The number of nitrogen functional groups attached to an aromatic ring is 2. The highest BCUT2D eigenvalue weighted by Crippen LogP contribution is 2.43. The van der Waals surface area contributed by atoms with E-state index in [1.807, 2.05) is 0 Å². The predicted octanol–water partition coefficient (Wildman–Crippen LogP) is 3.15. The van der Waals surface area contributed by atoms with Gasteiger partial charge in [0, 0.05) is 0 Å². The topological polar surface area (TPSA) is 119 Å². The standard InChI is InChI=1S/C19H16N2O4/c20-13-7-9-16(25-19(24)11-4-2-1-3-5-11)17(18(13)23)12-6-8-15(22)14(21)10-12/h1-10,22-23H,20-21H2. The minimum Gasteiger partial charge on any atom is -0.506 e. The lowest BCUT2D eigenvalue weighted by Gasteiger charge is -2.14. The largest absolute Gasteiger partial charge is 0.506 e. The highest BCUT2D eigenvalue weighted by atomic mass is 16.5. The number of anilines is 2. The van der Waals surface area contributed by atoms with Crippen LogP contribution in [0.5, 0.6) is 17.2 Å². The van der Waals surface area contributed by atoms with Crippen molar-refractivity contribution >= 4 is 17.3 Å². The molecule has 0 unspecified atom stereocenters. The molecule has 25 heavy (non-hydrogen) atoms. The highest BCUT2D eigenvalue weighted by molar-refractivity contribution is 5.93. The Labute approximate surface area is 143 Å². The van der Waals surface area contributed by atoms with Gasteiger partial charge in [-0.15, -0.1) is 0 Å². The van der Waals surface area contributed by atoms with Crippen molar-refractivity contribution in [3.63, 3.8) is 0 Å². The van der Waals surface area contributed by atoms with Crippen LogP contribution >= 0.6 is 0 Å². The van der Waals surface area contributed by atoms with Gasteiger partial charge in [-0.3, -0.25) is 0 Å². The molecule has 3 aromatic rings. The summed E-state index contributed by atoms with van der Waals surface area (Å²) in [6.45, 7) is 0. The van der Waals surface area contributed by atoms with Gasteiger partial charge in [0.15, 0.2) is 0 Å². The molecule has 0 atom stereocenters. The summed E-state index contributed by atoms with van der Waals surface area (Å²) < 4.78 is 5.43. The third kappa shape index (κ3) is 3.18. The fourth-order valence-corrected chi connectivity index (χ4v) is 2.40. The van der Waals surface area contributed by atoms with Crippen molar-refractivity contribution in [2.75, 3.05) is 11.5 Å². The van der Waals surface area contributed by atoms with E-state index in [0.29, 0.717) is 11.1 Å². The number of benzene rings is 3. The number of aromatic hydroxyl groups is 2. The molecular weight excluding hydrogens is 320 g/mol. The average molecular weight is 336 g/mol. The molecule has 0 radical (unpaired) electrons. The summed E-state index contributed by atoms with van der Waals surface area (Å²) in [6.07, 6.45) is 0. The monoisotopic (exact) mass is 336 g/mol. The van der Waals surface area contributed by atoms with E-state index < -0.39 is 5.97 Å². The van der Waals surface area contributed by atoms with Gasteiger partial charge in [-0.2, -0.15) is 0 Å². The normalized spacial score (nSPS) is 10.4. The first kappa shape index (κ1) is 16.2. The molecule has 0 saturated heterocycles. The first-order valence-corrected chi connectivity index (χ1v) is 7.45. The number of nitrogens with two attached hydrogens (primary N) is 2. The molecule has 3 aromatic carbocycles. The number of carbonyl (C=O) groups excluding carboxylic acids is 1. The number of ether oxygens (including phenoxy) is 1. The summed E-state index contributed by atoms with van der Waals surface area (Å²) in [5.74, 6) is -0.762. The van der Waals surface area contributed by atoms with Crippen LogP contribution in [0, 0.1) is 0 Å². The molecule has 6 nitrogen and oxygen atoms in total. The van der Waals surface area contributed by atoms with Gasteiger partial charge in [0.25, 0.3) is 0 Å². The lowest BCUT2D eigenvalue weighted by atomic mass is 10.0. The smallest absolute Gasteiger partial charge is 0.343 e. The Morgan fingerprint density at radius 3 is 2.28 bits per heavy atom. The maximum absolute atomic E-state index is 12.3. The summed E-state index contributed by atoms with van der Waals surface area (Å²) in [6, 6.07) is 15.8. The molecule has 126 valence electrons. The Morgan fingerprint density at radius 2 is 1.60 bits per heavy atom. The number of carbonyl (C=O) groups is 1. The fraction of sp³-hybridized carbons (Fsp3) is 0.